The highest BCUT2D eigenvalue weighted by atomic mass is 35.5. The number of hydrogen-bond acceptors (Lipinski definition) is 3. The van der Waals surface area contributed by atoms with E-state index >= 15 is 0 Å². The van der Waals surface area contributed by atoms with E-state index in [0.29, 0.717) is 36.9 Å². The molecule has 0 spiro atoms. The maximum absolute atomic E-state index is 12.6. The van der Waals surface area contributed by atoms with E-state index in [0.717, 1.165) is 18.4 Å². The molecule has 0 bridgehead atoms. The van der Waals surface area contributed by atoms with E-state index in [-0.39, 0.29) is 17.9 Å². The lowest BCUT2D eigenvalue weighted by molar-refractivity contribution is -0.127. The zero-order valence-electron chi connectivity index (χ0n) is 13.7. The average Bonchev–Trinajstić information content (AvgIpc) is 3.37. The predicted molar refractivity (Wildman–Crippen MR) is 94.2 cm³/mol. The molecule has 0 aromatic heterocycles. The van der Waals surface area contributed by atoms with Crippen LogP contribution in [0.5, 0.6) is 0 Å². The van der Waals surface area contributed by atoms with Crippen LogP contribution in [0, 0.1) is 11.8 Å². The Morgan fingerprint density at radius 3 is 2.25 bits per heavy atom. The van der Waals surface area contributed by atoms with Gasteiger partial charge in [0.1, 0.15) is 0 Å². The van der Waals surface area contributed by atoms with Gasteiger partial charge in [-0.2, -0.15) is 0 Å². The standard InChI is InChI=1S/C17H23ClN2O3S/c1-24(22,23)20-10-8-14(9-11-20)17(21)19-16(12-2-3-12)13-4-6-15(18)7-5-13/h4-7,12,14,16H,2-3,8-11H2,1H3,(H,19,21). The number of nitrogens with zero attached hydrogens (tertiary/aromatic N) is 1. The van der Waals surface area contributed by atoms with Crippen LogP contribution in [0.1, 0.15) is 37.3 Å². The molecule has 1 saturated carbocycles. The van der Waals surface area contributed by atoms with Crippen LogP contribution in [-0.4, -0.2) is 38.0 Å². The molecule has 1 heterocycles. The Hall–Kier alpha value is -1.11. The zero-order valence-corrected chi connectivity index (χ0v) is 15.3. The molecule has 1 N–H and O–H groups in total. The highest BCUT2D eigenvalue weighted by Gasteiger charge is 2.36. The normalized spacial score (nSPS) is 21.4. The SMILES string of the molecule is CS(=O)(=O)N1CCC(C(=O)NC(c2ccc(Cl)cc2)C2CC2)CC1. The van der Waals surface area contributed by atoms with Crippen molar-refractivity contribution in [1.82, 2.24) is 9.62 Å². The Morgan fingerprint density at radius 2 is 1.75 bits per heavy atom. The van der Waals surface area contributed by atoms with Crippen LogP contribution in [0.25, 0.3) is 0 Å². The highest BCUT2D eigenvalue weighted by molar-refractivity contribution is 7.88. The van der Waals surface area contributed by atoms with Gasteiger partial charge in [0.05, 0.1) is 12.3 Å². The zero-order chi connectivity index (χ0) is 17.3. The molecular weight excluding hydrogens is 348 g/mol. The molecule has 1 amide bonds. The average molecular weight is 371 g/mol. The number of rotatable bonds is 5. The number of carbonyl (C=O) groups is 1. The number of nitrogens with one attached hydrogen (secondary N) is 1. The lowest BCUT2D eigenvalue weighted by Gasteiger charge is -2.30. The van der Waals surface area contributed by atoms with Crippen LogP contribution < -0.4 is 5.32 Å². The van der Waals surface area contributed by atoms with Gasteiger partial charge < -0.3 is 5.32 Å². The van der Waals surface area contributed by atoms with E-state index in [2.05, 4.69) is 5.32 Å². The van der Waals surface area contributed by atoms with Crippen molar-refractivity contribution in [3.63, 3.8) is 0 Å². The largest absolute Gasteiger partial charge is 0.349 e. The van der Waals surface area contributed by atoms with Gasteiger partial charge in [0.25, 0.3) is 0 Å². The Kier molecular flexibility index (Phi) is 5.18. The van der Waals surface area contributed by atoms with Gasteiger partial charge in [-0.3, -0.25) is 4.79 Å². The number of sulfonamides is 1. The number of hydrogen-bond donors (Lipinski definition) is 1. The van der Waals surface area contributed by atoms with Crippen LogP contribution >= 0.6 is 11.6 Å². The van der Waals surface area contributed by atoms with Crippen LogP contribution in [-0.2, 0) is 14.8 Å². The third-order valence-corrected chi connectivity index (χ3v) is 6.47. The predicted octanol–water partition coefficient (Wildman–Crippen LogP) is 2.58. The molecule has 24 heavy (non-hydrogen) atoms. The summed E-state index contributed by atoms with van der Waals surface area (Å²) in [5.41, 5.74) is 1.09. The first-order valence-corrected chi connectivity index (χ1v) is 10.6. The molecule has 1 atom stereocenters. The number of amides is 1. The van der Waals surface area contributed by atoms with E-state index in [1.54, 1.807) is 0 Å². The summed E-state index contributed by atoms with van der Waals surface area (Å²) in [7, 11) is -3.16. The quantitative estimate of drug-likeness (QED) is 0.866. The van der Waals surface area contributed by atoms with E-state index in [9.17, 15) is 13.2 Å². The van der Waals surface area contributed by atoms with Gasteiger partial charge in [0, 0.05) is 24.0 Å². The van der Waals surface area contributed by atoms with Crippen molar-refractivity contribution in [3.05, 3.63) is 34.9 Å². The molecular formula is C17H23ClN2O3S. The number of benzene rings is 1. The number of carbonyl (C=O) groups excluding carboxylic acids is 1. The van der Waals surface area contributed by atoms with Crippen molar-refractivity contribution in [2.75, 3.05) is 19.3 Å². The monoisotopic (exact) mass is 370 g/mol. The Balaban J connectivity index is 1.62. The van der Waals surface area contributed by atoms with Gasteiger partial charge in [-0.1, -0.05) is 23.7 Å². The summed E-state index contributed by atoms with van der Waals surface area (Å²) in [5.74, 6) is 0.415. The molecule has 132 valence electrons. The van der Waals surface area contributed by atoms with Gasteiger partial charge in [-0.25, -0.2) is 12.7 Å². The Morgan fingerprint density at radius 1 is 1.17 bits per heavy atom. The maximum Gasteiger partial charge on any atom is 0.223 e. The fourth-order valence-electron chi connectivity index (χ4n) is 3.29. The second-order valence-corrected chi connectivity index (χ2v) is 9.23. The van der Waals surface area contributed by atoms with E-state index < -0.39 is 10.0 Å². The number of piperidine rings is 1. The Bertz CT molecular complexity index is 693. The maximum atomic E-state index is 12.6. The molecule has 1 unspecified atom stereocenters. The minimum atomic E-state index is -3.16. The summed E-state index contributed by atoms with van der Waals surface area (Å²) in [4.78, 5) is 12.6. The van der Waals surface area contributed by atoms with Crippen LogP contribution in [0.4, 0.5) is 0 Å². The first kappa shape index (κ1) is 17.7. The molecule has 1 saturated heterocycles. The van der Waals surface area contributed by atoms with E-state index in [1.165, 1.54) is 10.6 Å². The van der Waals surface area contributed by atoms with Crippen LogP contribution in [0.15, 0.2) is 24.3 Å². The lowest BCUT2D eigenvalue weighted by atomic mass is 9.95. The van der Waals surface area contributed by atoms with Gasteiger partial charge in [-0.15, -0.1) is 0 Å². The molecule has 2 fully saturated rings. The lowest BCUT2D eigenvalue weighted by Crippen LogP contribution is -2.43. The minimum Gasteiger partial charge on any atom is -0.349 e. The third-order valence-electron chi connectivity index (χ3n) is 4.91. The molecule has 5 nitrogen and oxygen atoms in total. The molecule has 0 radical (unpaired) electrons. The molecule has 1 aromatic rings. The summed E-state index contributed by atoms with van der Waals surface area (Å²) in [6.45, 7) is 0.845. The topological polar surface area (TPSA) is 66.5 Å². The third kappa shape index (κ3) is 4.29. The molecule has 3 rings (SSSR count). The molecule has 7 heteroatoms. The summed E-state index contributed by atoms with van der Waals surface area (Å²) in [6.07, 6.45) is 4.63. The van der Waals surface area contributed by atoms with E-state index in [1.807, 2.05) is 24.3 Å². The van der Waals surface area contributed by atoms with Gasteiger partial charge in [0.15, 0.2) is 0 Å². The van der Waals surface area contributed by atoms with Gasteiger partial charge >= 0.3 is 0 Å². The first-order valence-electron chi connectivity index (χ1n) is 8.35. The fourth-order valence-corrected chi connectivity index (χ4v) is 4.29. The molecule has 2 aliphatic rings. The second kappa shape index (κ2) is 7.02. The summed E-state index contributed by atoms with van der Waals surface area (Å²) in [5, 5.41) is 3.88. The van der Waals surface area contributed by atoms with Crippen molar-refractivity contribution in [3.8, 4) is 0 Å². The summed E-state index contributed by atoms with van der Waals surface area (Å²) in [6, 6.07) is 7.67. The van der Waals surface area contributed by atoms with Crippen molar-refractivity contribution in [2.45, 2.75) is 31.7 Å². The smallest absolute Gasteiger partial charge is 0.223 e. The summed E-state index contributed by atoms with van der Waals surface area (Å²) < 4.78 is 24.6. The highest BCUT2D eigenvalue weighted by Crippen LogP contribution is 2.41. The molecule has 1 aliphatic carbocycles. The summed E-state index contributed by atoms with van der Waals surface area (Å²) >= 11 is 5.95. The first-order chi connectivity index (χ1) is 11.3. The minimum absolute atomic E-state index is 0.0303. The van der Waals surface area contributed by atoms with Crippen LogP contribution in [0.2, 0.25) is 5.02 Å². The van der Waals surface area contributed by atoms with Crippen molar-refractivity contribution in [1.29, 1.82) is 0 Å². The van der Waals surface area contributed by atoms with Gasteiger partial charge in [0.2, 0.25) is 15.9 Å². The van der Waals surface area contributed by atoms with Crippen molar-refractivity contribution >= 4 is 27.5 Å². The number of halogens is 1. The second-order valence-electron chi connectivity index (χ2n) is 6.81. The molecule has 1 aliphatic heterocycles. The Labute approximate surface area is 148 Å². The van der Waals surface area contributed by atoms with E-state index in [4.69, 9.17) is 11.6 Å². The fraction of sp³-hybridized carbons (Fsp3) is 0.588. The van der Waals surface area contributed by atoms with Gasteiger partial charge in [-0.05, 0) is 49.3 Å². The van der Waals surface area contributed by atoms with Crippen molar-refractivity contribution in [2.24, 2.45) is 11.8 Å². The van der Waals surface area contributed by atoms with Crippen LogP contribution in [0.3, 0.4) is 0 Å². The van der Waals surface area contributed by atoms with Crippen molar-refractivity contribution < 1.29 is 13.2 Å². The molecule has 1 aromatic carbocycles.